The van der Waals surface area contributed by atoms with Gasteiger partial charge in [-0.1, -0.05) is 74.5 Å². The fourth-order valence-electron chi connectivity index (χ4n) is 2.92. The van der Waals surface area contributed by atoms with Crippen molar-refractivity contribution in [3.05, 3.63) is 71.8 Å². The molecule has 0 heterocycles. The fourth-order valence-corrected chi connectivity index (χ4v) is 2.92. The van der Waals surface area contributed by atoms with Crippen LogP contribution in [0.1, 0.15) is 38.8 Å². The van der Waals surface area contributed by atoms with Gasteiger partial charge in [0.1, 0.15) is 12.7 Å². The topological polar surface area (TPSA) is 67.8 Å². The van der Waals surface area contributed by atoms with Crippen LogP contribution < -0.4 is 5.32 Å². The van der Waals surface area contributed by atoms with Gasteiger partial charge in [0.2, 0.25) is 0 Å². The summed E-state index contributed by atoms with van der Waals surface area (Å²) in [6, 6.07) is 19.3. The van der Waals surface area contributed by atoms with Gasteiger partial charge in [0.05, 0.1) is 18.2 Å². The van der Waals surface area contributed by atoms with Gasteiger partial charge < -0.3 is 19.9 Å². The molecule has 5 heteroatoms. The van der Waals surface area contributed by atoms with Crippen molar-refractivity contribution in [3.63, 3.8) is 0 Å². The average molecular weight is 386 g/mol. The van der Waals surface area contributed by atoms with E-state index >= 15 is 0 Å². The Balaban J connectivity index is 1.93. The third kappa shape index (κ3) is 6.66. The molecule has 0 spiro atoms. The lowest BCUT2D eigenvalue weighted by Crippen LogP contribution is -2.58. The molecule has 0 bridgehead atoms. The number of benzene rings is 2. The van der Waals surface area contributed by atoms with Gasteiger partial charge in [-0.2, -0.15) is 0 Å². The average Bonchev–Trinajstić information content (AvgIpc) is 2.67. The number of amides is 1. The fraction of sp³-hybridized carbons (Fsp3) is 0.435. The minimum absolute atomic E-state index is 0.0696. The maximum atomic E-state index is 12.2. The maximum absolute atomic E-state index is 12.2. The second-order valence-corrected chi connectivity index (χ2v) is 7.86. The third-order valence-corrected chi connectivity index (χ3v) is 4.63. The first-order valence-corrected chi connectivity index (χ1v) is 9.62. The molecular formula is C23H31NO4. The largest absolute Gasteiger partial charge is 0.445 e. The molecule has 0 aromatic heterocycles. The Labute approximate surface area is 167 Å². The van der Waals surface area contributed by atoms with E-state index in [0.29, 0.717) is 6.61 Å². The van der Waals surface area contributed by atoms with Gasteiger partial charge in [-0.05, 0) is 30.9 Å². The Morgan fingerprint density at radius 2 is 1.46 bits per heavy atom. The quantitative estimate of drug-likeness (QED) is 0.676. The molecule has 152 valence electrons. The highest BCUT2D eigenvalue weighted by Gasteiger charge is 2.38. The van der Waals surface area contributed by atoms with Gasteiger partial charge in [-0.3, -0.25) is 0 Å². The predicted molar refractivity (Wildman–Crippen MR) is 110 cm³/mol. The summed E-state index contributed by atoms with van der Waals surface area (Å²) >= 11 is 0. The van der Waals surface area contributed by atoms with Crippen LogP contribution in [0.4, 0.5) is 4.79 Å². The second kappa shape index (κ2) is 10.2. The molecule has 0 fully saturated rings. The minimum Gasteiger partial charge on any atom is -0.445 e. The lowest BCUT2D eigenvalue weighted by Gasteiger charge is -2.37. The number of hydrogen-bond donors (Lipinski definition) is 2. The van der Waals surface area contributed by atoms with Crippen LogP contribution in [-0.4, -0.2) is 28.9 Å². The summed E-state index contributed by atoms with van der Waals surface area (Å²) in [5, 5.41) is 13.7. The van der Waals surface area contributed by atoms with Crippen molar-refractivity contribution in [3.8, 4) is 0 Å². The lowest BCUT2D eigenvalue weighted by molar-refractivity contribution is -0.0969. The van der Waals surface area contributed by atoms with Gasteiger partial charge in [-0.25, -0.2) is 4.79 Å². The zero-order chi connectivity index (χ0) is 20.6. The van der Waals surface area contributed by atoms with Crippen molar-refractivity contribution in [2.45, 2.75) is 58.7 Å². The first kappa shape index (κ1) is 21.9. The molecule has 2 N–H and O–H groups in total. The zero-order valence-corrected chi connectivity index (χ0v) is 17.1. The number of ether oxygens (including phenoxy) is 2. The normalized spacial score (nSPS) is 13.8. The van der Waals surface area contributed by atoms with Crippen molar-refractivity contribution >= 4 is 6.09 Å². The maximum Gasteiger partial charge on any atom is 0.407 e. The van der Waals surface area contributed by atoms with Crippen molar-refractivity contribution in [2.75, 3.05) is 0 Å². The molecule has 1 amide bonds. The van der Waals surface area contributed by atoms with E-state index < -0.39 is 23.8 Å². The van der Waals surface area contributed by atoms with Crippen LogP contribution in [0, 0.1) is 5.92 Å². The van der Waals surface area contributed by atoms with Crippen LogP contribution in [0.2, 0.25) is 0 Å². The van der Waals surface area contributed by atoms with Crippen molar-refractivity contribution in [1.29, 1.82) is 0 Å². The minimum atomic E-state index is -0.917. The molecule has 2 aromatic rings. The monoisotopic (exact) mass is 385 g/mol. The molecule has 0 aliphatic heterocycles. The van der Waals surface area contributed by atoms with Gasteiger partial charge in [0.25, 0.3) is 0 Å². The number of aliphatic hydroxyl groups excluding tert-OH is 1. The van der Waals surface area contributed by atoms with E-state index in [4.69, 9.17) is 9.47 Å². The molecule has 2 atom stereocenters. The van der Waals surface area contributed by atoms with Gasteiger partial charge in [-0.15, -0.1) is 0 Å². The highest BCUT2D eigenvalue weighted by Crippen LogP contribution is 2.22. The summed E-state index contributed by atoms with van der Waals surface area (Å²) in [5.74, 6) is 0.0696. The van der Waals surface area contributed by atoms with Crippen molar-refractivity contribution < 1.29 is 19.4 Å². The molecular weight excluding hydrogens is 354 g/mol. The van der Waals surface area contributed by atoms with Crippen LogP contribution in [0.15, 0.2) is 60.7 Å². The first-order chi connectivity index (χ1) is 13.3. The molecule has 2 rings (SSSR count). The second-order valence-electron chi connectivity index (χ2n) is 7.86. The third-order valence-electron chi connectivity index (χ3n) is 4.63. The van der Waals surface area contributed by atoms with Crippen molar-refractivity contribution in [2.24, 2.45) is 5.92 Å². The van der Waals surface area contributed by atoms with Crippen LogP contribution in [0.25, 0.3) is 0 Å². The molecule has 0 aliphatic carbocycles. The van der Waals surface area contributed by atoms with Crippen LogP contribution in [0.5, 0.6) is 0 Å². The van der Waals surface area contributed by atoms with Crippen LogP contribution in [0.3, 0.4) is 0 Å². The van der Waals surface area contributed by atoms with E-state index in [9.17, 15) is 9.90 Å². The van der Waals surface area contributed by atoms with Gasteiger partial charge in [0, 0.05) is 0 Å². The Morgan fingerprint density at radius 3 is 1.96 bits per heavy atom. The lowest BCUT2D eigenvalue weighted by atomic mass is 9.87. The predicted octanol–water partition coefficient (Wildman–Crippen LogP) is 4.29. The molecule has 0 unspecified atom stereocenters. The van der Waals surface area contributed by atoms with E-state index in [-0.39, 0.29) is 12.5 Å². The molecule has 0 saturated carbocycles. The van der Waals surface area contributed by atoms with E-state index in [0.717, 1.165) is 11.1 Å². The van der Waals surface area contributed by atoms with E-state index in [1.807, 2.05) is 74.5 Å². The SMILES string of the molecule is CC(C)[C@@H](OCc1ccccc1)[C@H](O)C(C)(C)NC(=O)OCc1ccccc1. The molecule has 0 saturated heterocycles. The van der Waals surface area contributed by atoms with Crippen LogP contribution in [-0.2, 0) is 22.7 Å². The van der Waals surface area contributed by atoms with E-state index in [1.54, 1.807) is 13.8 Å². The van der Waals surface area contributed by atoms with Gasteiger partial charge >= 0.3 is 6.09 Å². The Bertz CT molecular complexity index is 716. The summed E-state index contributed by atoms with van der Waals surface area (Å²) in [4.78, 5) is 12.2. The molecule has 0 radical (unpaired) electrons. The Hall–Kier alpha value is -2.37. The summed E-state index contributed by atoms with van der Waals surface area (Å²) in [6.45, 7) is 8.09. The molecule has 0 aliphatic rings. The summed E-state index contributed by atoms with van der Waals surface area (Å²) in [6.07, 6.45) is -1.91. The highest BCUT2D eigenvalue weighted by atomic mass is 16.5. The summed E-state index contributed by atoms with van der Waals surface area (Å²) in [5.41, 5.74) is 1.02. The van der Waals surface area contributed by atoms with Gasteiger partial charge in [0.15, 0.2) is 0 Å². The summed E-state index contributed by atoms with van der Waals surface area (Å²) in [7, 11) is 0. The molecule has 5 nitrogen and oxygen atoms in total. The van der Waals surface area contributed by atoms with Crippen LogP contribution >= 0.6 is 0 Å². The number of rotatable bonds is 9. The summed E-state index contributed by atoms with van der Waals surface area (Å²) < 4.78 is 11.3. The number of hydrogen-bond acceptors (Lipinski definition) is 4. The smallest absolute Gasteiger partial charge is 0.407 e. The Morgan fingerprint density at radius 1 is 0.964 bits per heavy atom. The first-order valence-electron chi connectivity index (χ1n) is 9.62. The highest BCUT2D eigenvalue weighted by molar-refractivity contribution is 5.68. The molecule has 28 heavy (non-hydrogen) atoms. The standard InChI is InChI=1S/C23H31NO4/c1-17(2)20(27-15-18-11-7-5-8-12-18)21(25)23(3,4)24-22(26)28-16-19-13-9-6-10-14-19/h5-14,17,20-21,25H,15-16H2,1-4H3,(H,24,26)/t20-,21+/m1/s1. The van der Waals surface area contributed by atoms with Crippen molar-refractivity contribution in [1.82, 2.24) is 5.32 Å². The number of aliphatic hydroxyl groups is 1. The zero-order valence-electron chi connectivity index (χ0n) is 17.1. The number of nitrogens with one attached hydrogen (secondary N) is 1. The number of carbonyl (C=O) groups is 1. The number of carbonyl (C=O) groups excluding carboxylic acids is 1. The molecule has 2 aromatic carbocycles. The Kier molecular flexibility index (Phi) is 8.03. The van der Waals surface area contributed by atoms with E-state index in [2.05, 4.69) is 5.32 Å². The number of alkyl carbamates (subject to hydrolysis) is 1. The van der Waals surface area contributed by atoms with E-state index in [1.165, 1.54) is 0 Å².